The number of furan rings is 1. The standard InChI is InChI=1S/C7H8O3/c1-2-5-3-4-6(10-5)7(8)9/h3-4H,2H2,1H3,(H,8,9)/p-1. The lowest BCUT2D eigenvalue weighted by Crippen LogP contribution is -2.21. The van der Waals surface area contributed by atoms with Crippen molar-refractivity contribution in [1.82, 2.24) is 0 Å². The molecule has 0 amide bonds. The normalized spacial score (nSPS) is 9.70. The number of carbonyl (C=O) groups excluding carboxylic acids is 1. The van der Waals surface area contributed by atoms with Gasteiger partial charge in [-0.05, 0) is 12.1 Å². The summed E-state index contributed by atoms with van der Waals surface area (Å²) in [4.78, 5) is 10.1. The highest BCUT2D eigenvalue weighted by atomic mass is 16.4. The molecule has 0 aliphatic heterocycles. The Bertz CT molecular complexity index is 237. The van der Waals surface area contributed by atoms with Crippen molar-refractivity contribution in [3.63, 3.8) is 0 Å². The van der Waals surface area contributed by atoms with Crippen LogP contribution in [0, 0.1) is 0 Å². The number of carbonyl (C=O) groups is 1. The van der Waals surface area contributed by atoms with Crippen molar-refractivity contribution in [3.05, 3.63) is 23.7 Å². The van der Waals surface area contributed by atoms with Crippen molar-refractivity contribution in [2.75, 3.05) is 0 Å². The highest BCUT2D eigenvalue weighted by Gasteiger charge is 1.98. The van der Waals surface area contributed by atoms with Crippen molar-refractivity contribution < 1.29 is 14.3 Å². The van der Waals surface area contributed by atoms with E-state index >= 15 is 0 Å². The van der Waals surface area contributed by atoms with Gasteiger partial charge in [-0.1, -0.05) is 6.92 Å². The Morgan fingerprint density at radius 1 is 1.70 bits per heavy atom. The van der Waals surface area contributed by atoms with Crippen LogP contribution in [0.15, 0.2) is 16.5 Å². The zero-order chi connectivity index (χ0) is 7.56. The third-order valence-corrected chi connectivity index (χ3v) is 1.21. The molecule has 3 heteroatoms. The first-order valence-electron chi connectivity index (χ1n) is 3.04. The van der Waals surface area contributed by atoms with Gasteiger partial charge in [0.05, 0.1) is 0 Å². The summed E-state index contributed by atoms with van der Waals surface area (Å²) in [6, 6.07) is 3.03. The lowest BCUT2D eigenvalue weighted by Gasteiger charge is -1.93. The largest absolute Gasteiger partial charge is 0.542 e. The van der Waals surface area contributed by atoms with Gasteiger partial charge >= 0.3 is 0 Å². The second kappa shape index (κ2) is 2.56. The summed E-state index contributed by atoms with van der Waals surface area (Å²) in [5.41, 5.74) is 0. The Morgan fingerprint density at radius 3 is 2.70 bits per heavy atom. The van der Waals surface area contributed by atoms with E-state index in [1.165, 1.54) is 6.07 Å². The Labute approximate surface area is 58.3 Å². The van der Waals surface area contributed by atoms with Gasteiger partial charge < -0.3 is 14.3 Å². The zero-order valence-corrected chi connectivity index (χ0v) is 5.59. The first kappa shape index (κ1) is 6.86. The fourth-order valence-electron chi connectivity index (χ4n) is 0.678. The predicted octanol–water partition coefficient (Wildman–Crippen LogP) is 0.205. The maximum atomic E-state index is 10.1. The Balaban J connectivity index is 2.88. The van der Waals surface area contributed by atoms with E-state index < -0.39 is 5.97 Å². The summed E-state index contributed by atoms with van der Waals surface area (Å²) >= 11 is 0. The summed E-state index contributed by atoms with van der Waals surface area (Å²) < 4.78 is 4.83. The van der Waals surface area contributed by atoms with Gasteiger partial charge in [-0.2, -0.15) is 0 Å². The van der Waals surface area contributed by atoms with E-state index in [1.54, 1.807) is 6.07 Å². The molecule has 0 saturated heterocycles. The quantitative estimate of drug-likeness (QED) is 0.588. The van der Waals surface area contributed by atoms with E-state index in [0.717, 1.165) is 0 Å². The van der Waals surface area contributed by atoms with E-state index in [2.05, 4.69) is 0 Å². The van der Waals surface area contributed by atoms with Gasteiger partial charge in [0.2, 0.25) is 0 Å². The average Bonchev–Trinajstić information content (AvgIpc) is 2.34. The molecule has 1 aromatic rings. The minimum atomic E-state index is -1.26. The molecule has 1 heterocycles. The third kappa shape index (κ3) is 1.18. The van der Waals surface area contributed by atoms with Crippen molar-refractivity contribution in [2.24, 2.45) is 0 Å². The van der Waals surface area contributed by atoms with Crippen molar-refractivity contribution >= 4 is 5.97 Å². The van der Waals surface area contributed by atoms with Crippen LogP contribution in [0.3, 0.4) is 0 Å². The van der Waals surface area contributed by atoms with Crippen LogP contribution < -0.4 is 5.11 Å². The van der Waals surface area contributed by atoms with Crippen LogP contribution in [-0.4, -0.2) is 5.97 Å². The summed E-state index contributed by atoms with van der Waals surface area (Å²) in [5, 5.41) is 10.1. The van der Waals surface area contributed by atoms with E-state index in [9.17, 15) is 9.90 Å². The number of hydrogen-bond acceptors (Lipinski definition) is 3. The Morgan fingerprint density at radius 2 is 2.40 bits per heavy atom. The van der Waals surface area contributed by atoms with E-state index in [1.807, 2.05) is 6.92 Å². The molecule has 54 valence electrons. The highest BCUT2D eigenvalue weighted by Crippen LogP contribution is 2.06. The van der Waals surface area contributed by atoms with Gasteiger partial charge in [-0.25, -0.2) is 0 Å². The number of aromatic carboxylic acids is 1. The molecule has 1 rings (SSSR count). The van der Waals surface area contributed by atoms with Crippen LogP contribution in [0.5, 0.6) is 0 Å². The average molecular weight is 139 g/mol. The molecule has 0 aliphatic rings. The van der Waals surface area contributed by atoms with E-state index in [-0.39, 0.29) is 5.76 Å². The molecule has 0 spiro atoms. The minimum Gasteiger partial charge on any atom is -0.542 e. The number of rotatable bonds is 2. The number of carboxylic acids is 1. The van der Waals surface area contributed by atoms with E-state index in [4.69, 9.17) is 4.42 Å². The fraction of sp³-hybridized carbons (Fsp3) is 0.286. The van der Waals surface area contributed by atoms with Gasteiger partial charge in [-0.3, -0.25) is 0 Å². The topological polar surface area (TPSA) is 53.3 Å². The van der Waals surface area contributed by atoms with Gasteiger partial charge in [0, 0.05) is 6.42 Å². The molecule has 0 unspecified atom stereocenters. The molecule has 3 nitrogen and oxygen atoms in total. The molecule has 1 aromatic heterocycles. The number of aryl methyl sites for hydroxylation is 1. The molecule has 0 aliphatic carbocycles. The summed E-state index contributed by atoms with van der Waals surface area (Å²) in [5.74, 6) is -0.698. The van der Waals surface area contributed by atoms with Gasteiger partial charge in [0.25, 0.3) is 0 Å². The molecule has 0 radical (unpaired) electrons. The van der Waals surface area contributed by atoms with Gasteiger partial charge in [-0.15, -0.1) is 0 Å². The number of carboxylic acid groups (broad SMARTS) is 1. The fourth-order valence-corrected chi connectivity index (χ4v) is 0.678. The summed E-state index contributed by atoms with van der Waals surface area (Å²) in [6.07, 6.45) is 0.702. The second-order valence-electron chi connectivity index (χ2n) is 1.91. The lowest BCUT2D eigenvalue weighted by molar-refractivity contribution is -0.257. The van der Waals surface area contributed by atoms with Gasteiger partial charge in [0.15, 0.2) is 0 Å². The lowest BCUT2D eigenvalue weighted by atomic mass is 10.4. The predicted molar refractivity (Wildman–Crippen MR) is 32.4 cm³/mol. The van der Waals surface area contributed by atoms with Crippen molar-refractivity contribution in [2.45, 2.75) is 13.3 Å². The smallest absolute Gasteiger partial charge is 0.149 e. The first-order valence-corrected chi connectivity index (χ1v) is 3.04. The zero-order valence-electron chi connectivity index (χ0n) is 5.59. The number of hydrogen-bond donors (Lipinski definition) is 0. The molecular formula is C7H7O3-. The Kier molecular flexibility index (Phi) is 1.76. The minimum absolute atomic E-state index is 0.100. The SMILES string of the molecule is CCc1ccc(C(=O)[O-])o1. The maximum Gasteiger partial charge on any atom is 0.149 e. The molecule has 0 bridgehead atoms. The highest BCUT2D eigenvalue weighted by molar-refractivity contribution is 5.82. The molecule has 0 atom stereocenters. The van der Waals surface area contributed by atoms with Crippen LogP contribution in [0.2, 0.25) is 0 Å². The second-order valence-corrected chi connectivity index (χ2v) is 1.91. The van der Waals surface area contributed by atoms with Crippen LogP contribution in [0.1, 0.15) is 23.2 Å². The summed E-state index contributed by atoms with van der Waals surface area (Å²) in [6.45, 7) is 1.89. The first-order chi connectivity index (χ1) is 4.74. The molecule has 10 heavy (non-hydrogen) atoms. The summed E-state index contributed by atoms with van der Waals surface area (Å²) in [7, 11) is 0. The van der Waals surface area contributed by atoms with Crippen LogP contribution >= 0.6 is 0 Å². The Hall–Kier alpha value is -1.25. The third-order valence-electron chi connectivity index (χ3n) is 1.21. The van der Waals surface area contributed by atoms with Crippen molar-refractivity contribution in [1.29, 1.82) is 0 Å². The molecular weight excluding hydrogens is 132 g/mol. The molecule has 0 aromatic carbocycles. The molecule has 0 saturated carbocycles. The maximum absolute atomic E-state index is 10.1. The van der Waals surface area contributed by atoms with Crippen LogP contribution in [0.4, 0.5) is 0 Å². The van der Waals surface area contributed by atoms with Crippen LogP contribution in [0.25, 0.3) is 0 Å². The molecule has 0 N–H and O–H groups in total. The van der Waals surface area contributed by atoms with Crippen molar-refractivity contribution in [3.8, 4) is 0 Å². The monoisotopic (exact) mass is 139 g/mol. The van der Waals surface area contributed by atoms with Crippen LogP contribution in [-0.2, 0) is 6.42 Å². The van der Waals surface area contributed by atoms with E-state index in [0.29, 0.717) is 12.2 Å². The van der Waals surface area contributed by atoms with Gasteiger partial charge in [0.1, 0.15) is 17.5 Å². The molecule has 0 fully saturated rings.